The van der Waals surface area contributed by atoms with Gasteiger partial charge in [0.1, 0.15) is 18.0 Å². The van der Waals surface area contributed by atoms with Gasteiger partial charge in [-0.05, 0) is 5.56 Å². The van der Waals surface area contributed by atoms with Crippen LogP contribution in [0.2, 0.25) is 0 Å². The molecule has 2 aliphatic rings. The van der Waals surface area contributed by atoms with Crippen molar-refractivity contribution in [3.8, 4) is 0 Å². The van der Waals surface area contributed by atoms with Crippen molar-refractivity contribution in [2.75, 3.05) is 38.4 Å². The van der Waals surface area contributed by atoms with E-state index in [-0.39, 0.29) is 35.5 Å². The van der Waals surface area contributed by atoms with Gasteiger partial charge in [-0.2, -0.15) is 9.36 Å². The fourth-order valence-electron chi connectivity index (χ4n) is 3.92. The number of anilines is 1. The van der Waals surface area contributed by atoms with Crippen LogP contribution in [0.3, 0.4) is 0 Å². The smallest absolute Gasteiger partial charge is 0.278 e. The zero-order valence-electron chi connectivity index (χ0n) is 21.5. The SMILES string of the molecule is C=CCON=C(C(=O)NC1C(=O)N2C(C(=O)[O-])=C(C[n+]3ccc(COCCOC)cc3)CS[C@@H]12)c1nsc(N)n1. The number of aromatic nitrogens is 3. The lowest BCUT2D eigenvalue weighted by molar-refractivity contribution is -0.689. The average Bonchev–Trinajstić information content (AvgIpc) is 3.38. The molecule has 16 heteroatoms. The maximum Gasteiger partial charge on any atom is 0.278 e. The second kappa shape index (κ2) is 13.5. The summed E-state index contributed by atoms with van der Waals surface area (Å²) in [7, 11) is 1.60. The Labute approximate surface area is 237 Å². The topological polar surface area (TPSA) is 185 Å². The molecule has 1 fully saturated rings. The highest BCUT2D eigenvalue weighted by molar-refractivity contribution is 8.00. The number of nitrogen functional groups attached to an aromatic ring is 1. The number of hydrogen-bond donors (Lipinski definition) is 2. The Balaban J connectivity index is 1.45. The second-order valence-electron chi connectivity index (χ2n) is 8.51. The molecular formula is C24H27N7O7S2. The quantitative estimate of drug-likeness (QED) is 0.0658. The van der Waals surface area contributed by atoms with E-state index in [4.69, 9.17) is 20.0 Å². The third kappa shape index (κ3) is 6.64. The first-order valence-electron chi connectivity index (χ1n) is 12.0. The summed E-state index contributed by atoms with van der Waals surface area (Å²) < 4.78 is 16.2. The summed E-state index contributed by atoms with van der Waals surface area (Å²) in [6.45, 7) is 5.18. The highest BCUT2D eigenvalue weighted by Gasteiger charge is 2.53. The van der Waals surface area contributed by atoms with E-state index in [9.17, 15) is 19.5 Å². The minimum atomic E-state index is -1.47. The van der Waals surface area contributed by atoms with Crippen molar-refractivity contribution in [1.82, 2.24) is 19.6 Å². The van der Waals surface area contributed by atoms with Gasteiger partial charge < -0.3 is 35.3 Å². The molecule has 4 heterocycles. The molecule has 0 saturated carbocycles. The number of carbonyl (C=O) groups excluding carboxylic acids is 3. The predicted molar refractivity (Wildman–Crippen MR) is 142 cm³/mol. The third-order valence-electron chi connectivity index (χ3n) is 5.78. The zero-order chi connectivity index (χ0) is 28.6. The lowest BCUT2D eigenvalue weighted by Crippen LogP contribution is -2.71. The molecule has 14 nitrogen and oxygen atoms in total. The fraction of sp³-hybridized carbons (Fsp3) is 0.375. The Kier molecular flexibility index (Phi) is 9.81. The maximum absolute atomic E-state index is 13.1. The number of amides is 2. The summed E-state index contributed by atoms with van der Waals surface area (Å²) in [5, 5.41) is 18.0. The number of methoxy groups -OCH3 is 1. The van der Waals surface area contributed by atoms with Gasteiger partial charge in [-0.3, -0.25) is 14.5 Å². The van der Waals surface area contributed by atoms with Gasteiger partial charge in [0.15, 0.2) is 24.1 Å². The van der Waals surface area contributed by atoms with Crippen LogP contribution >= 0.6 is 23.3 Å². The van der Waals surface area contributed by atoms with Crippen LogP contribution in [-0.4, -0.2) is 81.9 Å². The number of carboxylic acids is 1. The molecule has 0 aromatic carbocycles. The van der Waals surface area contributed by atoms with E-state index in [0.717, 1.165) is 22.0 Å². The number of nitrogens with zero attached hydrogens (tertiary/aromatic N) is 5. The van der Waals surface area contributed by atoms with Crippen LogP contribution in [0, 0.1) is 0 Å². The van der Waals surface area contributed by atoms with Gasteiger partial charge in [0.25, 0.3) is 11.8 Å². The number of nitrogens with two attached hydrogens (primary N) is 1. The number of nitrogens with one attached hydrogen (secondary N) is 1. The first kappa shape index (κ1) is 29.1. The van der Waals surface area contributed by atoms with Crippen LogP contribution in [0.1, 0.15) is 11.4 Å². The minimum absolute atomic E-state index is 0.0243. The van der Waals surface area contributed by atoms with Crippen molar-refractivity contribution in [3.05, 3.63) is 59.8 Å². The molecular weight excluding hydrogens is 562 g/mol. The first-order valence-corrected chi connectivity index (χ1v) is 13.8. The summed E-state index contributed by atoms with van der Waals surface area (Å²) in [5.41, 5.74) is 6.61. The van der Waals surface area contributed by atoms with Gasteiger partial charge in [0.2, 0.25) is 11.5 Å². The van der Waals surface area contributed by atoms with Crippen LogP contribution in [0.4, 0.5) is 5.13 Å². The third-order valence-corrected chi connectivity index (χ3v) is 7.66. The average molecular weight is 590 g/mol. The van der Waals surface area contributed by atoms with Gasteiger partial charge in [-0.25, -0.2) is 4.57 Å². The summed E-state index contributed by atoms with van der Waals surface area (Å²) in [6, 6.07) is 2.74. The monoisotopic (exact) mass is 589 g/mol. The molecule has 0 aliphatic carbocycles. The van der Waals surface area contributed by atoms with Gasteiger partial charge in [-0.15, -0.1) is 11.8 Å². The van der Waals surface area contributed by atoms with Crippen molar-refractivity contribution in [3.63, 3.8) is 0 Å². The number of pyridine rings is 1. The van der Waals surface area contributed by atoms with E-state index in [1.165, 1.54) is 17.8 Å². The highest BCUT2D eigenvalue weighted by Crippen LogP contribution is 2.40. The fourth-order valence-corrected chi connectivity index (χ4v) is 5.68. The van der Waals surface area contributed by atoms with Crippen LogP contribution < -0.4 is 20.7 Å². The van der Waals surface area contributed by atoms with E-state index in [2.05, 4.69) is 26.4 Å². The standard InChI is InChI=1S/C24H27N7O7S2/c1-3-8-38-28-16(19-27-24(25)40-29-19)20(32)26-17-21(33)31-18(23(34)35)15(13-39-22(17)31)11-30-6-4-14(5-7-30)12-37-10-9-36-2/h3-7,17,22H,1,8-13H2,2H3,(H3-,25,26,27,29,32,34,35)/t17?,22-/m0/s1. The number of carbonyl (C=O) groups is 3. The number of carboxylic acid groups (broad SMARTS) is 1. The van der Waals surface area contributed by atoms with Gasteiger partial charge in [-0.1, -0.05) is 17.8 Å². The molecule has 1 saturated heterocycles. The van der Waals surface area contributed by atoms with Crippen LogP contribution in [-0.2, 0) is 41.8 Å². The molecule has 0 spiro atoms. The Morgan fingerprint density at radius 2 is 2.15 bits per heavy atom. The van der Waals surface area contributed by atoms with Crippen molar-refractivity contribution >= 4 is 51.9 Å². The lowest BCUT2D eigenvalue weighted by Gasteiger charge is -2.50. The molecule has 2 amide bonds. The normalized spacial score (nSPS) is 18.7. The number of fused-ring (bicyclic) bond motifs is 1. The molecule has 40 heavy (non-hydrogen) atoms. The summed E-state index contributed by atoms with van der Waals surface area (Å²) in [5.74, 6) is -2.58. The van der Waals surface area contributed by atoms with Crippen LogP contribution in [0.5, 0.6) is 0 Å². The number of β-lactam (4-membered cyclic amide) rings is 1. The minimum Gasteiger partial charge on any atom is -0.543 e. The van der Waals surface area contributed by atoms with E-state index >= 15 is 0 Å². The lowest BCUT2D eigenvalue weighted by atomic mass is 10.0. The number of aliphatic carboxylic acids is 1. The number of rotatable bonds is 14. The second-order valence-corrected chi connectivity index (χ2v) is 10.4. The molecule has 2 aliphatic heterocycles. The number of ether oxygens (including phenoxy) is 2. The Morgan fingerprint density at radius 3 is 2.80 bits per heavy atom. The van der Waals surface area contributed by atoms with Crippen molar-refractivity contribution in [1.29, 1.82) is 0 Å². The Morgan fingerprint density at radius 1 is 1.38 bits per heavy atom. The summed E-state index contributed by atoms with van der Waals surface area (Å²) in [4.78, 5) is 48.3. The van der Waals surface area contributed by atoms with Crippen molar-refractivity contribution in [2.24, 2.45) is 5.16 Å². The van der Waals surface area contributed by atoms with E-state index in [1.807, 2.05) is 12.1 Å². The zero-order valence-corrected chi connectivity index (χ0v) is 23.1. The van der Waals surface area contributed by atoms with Crippen LogP contribution in [0.25, 0.3) is 0 Å². The molecule has 0 radical (unpaired) electrons. The first-order chi connectivity index (χ1) is 19.3. The molecule has 2 aromatic heterocycles. The van der Waals surface area contributed by atoms with Crippen molar-refractivity contribution < 1.29 is 38.4 Å². The largest absolute Gasteiger partial charge is 0.543 e. The van der Waals surface area contributed by atoms with Gasteiger partial charge in [0, 0.05) is 42.1 Å². The highest BCUT2D eigenvalue weighted by atomic mass is 32.2. The van der Waals surface area contributed by atoms with Crippen LogP contribution in [0.15, 0.2) is 53.6 Å². The predicted octanol–water partition coefficient (Wildman–Crippen LogP) is -1.42. The van der Waals surface area contributed by atoms with E-state index in [0.29, 0.717) is 31.1 Å². The van der Waals surface area contributed by atoms with Crippen molar-refractivity contribution in [2.45, 2.75) is 24.6 Å². The number of hydrogen-bond acceptors (Lipinski definition) is 13. The number of oxime groups is 1. The summed E-state index contributed by atoms with van der Waals surface area (Å²) >= 11 is 2.20. The maximum atomic E-state index is 13.1. The Bertz CT molecular complexity index is 1330. The molecule has 2 atom stereocenters. The molecule has 1 unspecified atom stereocenters. The molecule has 4 rings (SSSR count). The molecule has 0 bridgehead atoms. The van der Waals surface area contributed by atoms with E-state index < -0.39 is 29.2 Å². The molecule has 2 aromatic rings. The molecule has 3 N–H and O–H groups in total. The molecule has 212 valence electrons. The van der Waals surface area contributed by atoms with Gasteiger partial charge >= 0.3 is 0 Å². The van der Waals surface area contributed by atoms with Gasteiger partial charge in [0.05, 0.1) is 31.5 Å². The summed E-state index contributed by atoms with van der Waals surface area (Å²) in [6.07, 6.45) is 5.05. The Hall–Kier alpha value is -3.86. The van der Waals surface area contributed by atoms with E-state index in [1.54, 1.807) is 24.1 Å². The number of thioether (sulfide) groups is 1.